The number of anilines is 1. The molecule has 8 nitrogen and oxygen atoms in total. The van der Waals surface area contributed by atoms with E-state index < -0.39 is 5.97 Å². The number of rotatable bonds is 6. The molecule has 0 fully saturated rings. The number of esters is 1. The molecule has 0 unspecified atom stereocenters. The molecule has 29 heavy (non-hydrogen) atoms. The summed E-state index contributed by atoms with van der Waals surface area (Å²) < 4.78 is 7.32. The van der Waals surface area contributed by atoms with E-state index in [1.165, 1.54) is 12.7 Å². The lowest BCUT2D eigenvalue weighted by Crippen LogP contribution is -2.41. The van der Waals surface area contributed by atoms with E-state index in [9.17, 15) is 14.4 Å². The molecule has 2 N–H and O–H groups in total. The van der Waals surface area contributed by atoms with Crippen molar-refractivity contribution < 1.29 is 19.1 Å². The SMILES string of the molecule is CCOC(=O)c1c(NC(=O)CN2CCn3cccc3[C@H]2C)sc(C(=O)NC)c1C. The molecular formula is C20H26N4O4S. The van der Waals surface area contributed by atoms with E-state index in [2.05, 4.69) is 33.1 Å². The lowest BCUT2D eigenvalue weighted by atomic mass is 10.1. The average molecular weight is 419 g/mol. The Morgan fingerprint density at radius 1 is 1.31 bits per heavy atom. The van der Waals surface area contributed by atoms with Gasteiger partial charge >= 0.3 is 5.97 Å². The third kappa shape index (κ3) is 4.20. The number of nitrogens with one attached hydrogen (secondary N) is 2. The van der Waals surface area contributed by atoms with E-state index in [1.54, 1.807) is 13.8 Å². The average Bonchev–Trinajstić information content (AvgIpc) is 3.28. The minimum atomic E-state index is -0.545. The van der Waals surface area contributed by atoms with Crippen molar-refractivity contribution in [3.05, 3.63) is 40.0 Å². The monoisotopic (exact) mass is 418 g/mol. The van der Waals surface area contributed by atoms with E-state index >= 15 is 0 Å². The van der Waals surface area contributed by atoms with Crippen LogP contribution >= 0.6 is 11.3 Å². The number of hydrogen-bond donors (Lipinski definition) is 2. The third-order valence-electron chi connectivity index (χ3n) is 5.13. The highest BCUT2D eigenvalue weighted by Gasteiger charge is 2.28. The maximum Gasteiger partial charge on any atom is 0.341 e. The zero-order valence-corrected chi connectivity index (χ0v) is 17.9. The summed E-state index contributed by atoms with van der Waals surface area (Å²) in [5.74, 6) is -1.08. The summed E-state index contributed by atoms with van der Waals surface area (Å²) in [5.41, 5.74) is 1.92. The van der Waals surface area contributed by atoms with Gasteiger partial charge in [0.1, 0.15) is 5.00 Å². The molecule has 0 saturated carbocycles. The topological polar surface area (TPSA) is 92.7 Å². The molecule has 3 heterocycles. The summed E-state index contributed by atoms with van der Waals surface area (Å²) in [6.45, 7) is 7.46. The molecule has 2 aromatic heterocycles. The first kappa shape index (κ1) is 21.1. The smallest absolute Gasteiger partial charge is 0.341 e. The van der Waals surface area contributed by atoms with Crippen molar-refractivity contribution in [1.29, 1.82) is 0 Å². The van der Waals surface area contributed by atoms with Gasteiger partial charge in [-0.3, -0.25) is 14.5 Å². The number of ether oxygens (including phenoxy) is 1. The highest BCUT2D eigenvalue weighted by Crippen LogP contribution is 2.34. The number of hydrogen-bond acceptors (Lipinski definition) is 6. The second-order valence-corrected chi connectivity index (χ2v) is 7.90. The second kappa shape index (κ2) is 8.79. The van der Waals surface area contributed by atoms with Crippen LogP contribution in [0, 0.1) is 6.92 Å². The zero-order chi connectivity index (χ0) is 21.1. The van der Waals surface area contributed by atoms with E-state index in [4.69, 9.17) is 4.74 Å². The van der Waals surface area contributed by atoms with Crippen molar-refractivity contribution in [3.63, 3.8) is 0 Å². The first-order valence-electron chi connectivity index (χ1n) is 9.58. The van der Waals surface area contributed by atoms with Crippen molar-refractivity contribution in [2.75, 3.05) is 32.1 Å². The fraction of sp³-hybridized carbons (Fsp3) is 0.450. The highest BCUT2D eigenvalue weighted by molar-refractivity contribution is 7.18. The summed E-state index contributed by atoms with van der Waals surface area (Å²) in [4.78, 5) is 39.8. The van der Waals surface area contributed by atoms with Crippen LogP contribution in [-0.4, -0.2) is 54.0 Å². The van der Waals surface area contributed by atoms with Crippen molar-refractivity contribution in [1.82, 2.24) is 14.8 Å². The maximum atomic E-state index is 12.8. The number of nitrogens with zero attached hydrogens (tertiary/aromatic N) is 2. The zero-order valence-electron chi connectivity index (χ0n) is 17.1. The van der Waals surface area contributed by atoms with Gasteiger partial charge in [0, 0.05) is 38.1 Å². The third-order valence-corrected chi connectivity index (χ3v) is 6.33. The molecule has 156 valence electrons. The first-order chi connectivity index (χ1) is 13.9. The van der Waals surface area contributed by atoms with Gasteiger partial charge in [-0.2, -0.15) is 0 Å². The molecule has 0 aliphatic carbocycles. The number of amides is 2. The Balaban J connectivity index is 1.79. The molecular weight excluding hydrogens is 392 g/mol. The van der Waals surface area contributed by atoms with E-state index in [0.717, 1.165) is 24.4 Å². The van der Waals surface area contributed by atoms with Crippen LogP contribution in [0.15, 0.2) is 18.3 Å². The van der Waals surface area contributed by atoms with Crippen LogP contribution in [0.5, 0.6) is 0 Å². The number of fused-ring (bicyclic) bond motifs is 1. The minimum Gasteiger partial charge on any atom is -0.462 e. The van der Waals surface area contributed by atoms with Crippen molar-refractivity contribution in [3.8, 4) is 0 Å². The van der Waals surface area contributed by atoms with Crippen LogP contribution in [0.1, 0.15) is 51.2 Å². The van der Waals surface area contributed by atoms with Crippen LogP contribution in [0.2, 0.25) is 0 Å². The molecule has 0 bridgehead atoms. The Morgan fingerprint density at radius 3 is 2.76 bits per heavy atom. The number of carbonyl (C=O) groups excluding carboxylic acids is 3. The molecule has 0 saturated heterocycles. The lowest BCUT2D eigenvalue weighted by molar-refractivity contribution is -0.118. The molecule has 0 radical (unpaired) electrons. The molecule has 1 aliphatic heterocycles. The molecule has 1 atom stereocenters. The van der Waals surface area contributed by atoms with Gasteiger partial charge in [-0.15, -0.1) is 11.3 Å². The fourth-order valence-corrected chi connectivity index (χ4v) is 4.73. The van der Waals surface area contributed by atoms with Gasteiger partial charge in [0.25, 0.3) is 5.91 Å². The predicted molar refractivity (Wildman–Crippen MR) is 111 cm³/mol. The molecule has 0 aromatic carbocycles. The van der Waals surface area contributed by atoms with Crippen LogP contribution in [0.3, 0.4) is 0 Å². The van der Waals surface area contributed by atoms with Gasteiger partial charge in [-0.1, -0.05) is 0 Å². The molecule has 1 aliphatic rings. The van der Waals surface area contributed by atoms with Gasteiger partial charge < -0.3 is 19.9 Å². The van der Waals surface area contributed by atoms with Gasteiger partial charge in [0.15, 0.2) is 0 Å². The predicted octanol–water partition coefficient (Wildman–Crippen LogP) is 2.41. The summed E-state index contributed by atoms with van der Waals surface area (Å²) in [6.07, 6.45) is 2.05. The Hall–Kier alpha value is -2.65. The van der Waals surface area contributed by atoms with Gasteiger partial charge in [-0.05, 0) is 38.5 Å². The van der Waals surface area contributed by atoms with E-state index in [1.807, 2.05) is 12.3 Å². The Kier molecular flexibility index (Phi) is 6.39. The van der Waals surface area contributed by atoms with Gasteiger partial charge in [0.2, 0.25) is 5.91 Å². The Morgan fingerprint density at radius 2 is 2.07 bits per heavy atom. The number of aromatic nitrogens is 1. The second-order valence-electron chi connectivity index (χ2n) is 6.88. The van der Waals surface area contributed by atoms with Crippen molar-refractivity contribution in [2.24, 2.45) is 0 Å². The first-order valence-corrected chi connectivity index (χ1v) is 10.4. The summed E-state index contributed by atoms with van der Waals surface area (Å²) in [7, 11) is 1.53. The Labute approximate surface area is 173 Å². The van der Waals surface area contributed by atoms with Crippen LogP contribution in [0.4, 0.5) is 5.00 Å². The minimum absolute atomic E-state index is 0.112. The molecule has 2 amide bonds. The number of carbonyl (C=O) groups is 3. The van der Waals surface area contributed by atoms with Gasteiger partial charge in [-0.25, -0.2) is 4.79 Å². The standard InChI is InChI=1S/C20H26N4O4S/c1-5-28-20(27)16-12(2)17(18(26)21-4)29-19(16)22-15(25)11-24-10-9-23-8-6-7-14(23)13(24)3/h6-8,13H,5,9-11H2,1-4H3,(H,21,26)(H,22,25)/t13-/m1/s1. The normalized spacial score (nSPS) is 16.2. The largest absolute Gasteiger partial charge is 0.462 e. The van der Waals surface area contributed by atoms with Crippen LogP contribution in [0.25, 0.3) is 0 Å². The molecule has 9 heteroatoms. The van der Waals surface area contributed by atoms with E-state index in [0.29, 0.717) is 15.4 Å². The van der Waals surface area contributed by atoms with E-state index in [-0.39, 0.29) is 36.6 Å². The van der Waals surface area contributed by atoms with Crippen molar-refractivity contribution in [2.45, 2.75) is 33.4 Å². The van der Waals surface area contributed by atoms with Crippen molar-refractivity contribution >= 4 is 34.1 Å². The highest BCUT2D eigenvalue weighted by atomic mass is 32.1. The van der Waals surface area contributed by atoms with Gasteiger partial charge in [0.05, 0.1) is 23.6 Å². The molecule has 0 spiro atoms. The summed E-state index contributed by atoms with van der Waals surface area (Å²) in [6, 6.07) is 4.18. The number of thiophene rings is 1. The quantitative estimate of drug-likeness (QED) is 0.703. The lowest BCUT2D eigenvalue weighted by Gasteiger charge is -2.34. The summed E-state index contributed by atoms with van der Waals surface area (Å²) in [5, 5.41) is 5.73. The molecule has 2 aromatic rings. The molecule has 3 rings (SSSR count). The van der Waals surface area contributed by atoms with Crippen LogP contribution in [-0.2, 0) is 16.1 Å². The van der Waals surface area contributed by atoms with Crippen LogP contribution < -0.4 is 10.6 Å². The summed E-state index contributed by atoms with van der Waals surface area (Å²) >= 11 is 1.09. The maximum absolute atomic E-state index is 12.8. The fourth-order valence-electron chi connectivity index (χ4n) is 3.57. The Bertz CT molecular complexity index is 933.